The number of fused-ring (bicyclic) bond motifs is 4. The number of hydrogen-bond donors (Lipinski definition) is 2. The van der Waals surface area contributed by atoms with Gasteiger partial charge in [0, 0.05) is 35.2 Å². The Morgan fingerprint density at radius 1 is 0.808 bits per heavy atom. The first-order chi connectivity index (χ1) is 12.7. The number of aliphatic hydroxyl groups excluding tert-OH is 2. The lowest BCUT2D eigenvalue weighted by atomic mass is 10.00. The molecule has 0 atom stereocenters. The standard InChI is InChI=1S/C22H22N2O2/c1-15-12-21(24(8-10-25)9-11-26)19-7-6-18-13-16-4-2-3-5-17(16)14-20(18)22(19)23-15/h2-7,12-14,25-26H,8-11H2,1H3. The van der Waals surface area contributed by atoms with Crippen molar-refractivity contribution in [3.05, 3.63) is 60.3 Å². The van der Waals surface area contributed by atoms with Crippen LogP contribution in [0.5, 0.6) is 0 Å². The zero-order chi connectivity index (χ0) is 18.1. The van der Waals surface area contributed by atoms with Gasteiger partial charge in [-0.15, -0.1) is 0 Å². The molecule has 1 heterocycles. The Balaban J connectivity index is 2.03. The number of benzene rings is 3. The molecule has 3 aromatic carbocycles. The number of rotatable bonds is 5. The molecule has 0 spiro atoms. The van der Waals surface area contributed by atoms with Gasteiger partial charge in [0.1, 0.15) is 0 Å². The summed E-state index contributed by atoms with van der Waals surface area (Å²) in [6, 6.07) is 19.0. The van der Waals surface area contributed by atoms with Crippen LogP contribution >= 0.6 is 0 Å². The number of aromatic nitrogens is 1. The van der Waals surface area contributed by atoms with Crippen LogP contribution < -0.4 is 4.90 Å². The van der Waals surface area contributed by atoms with Crippen LogP contribution in [0.1, 0.15) is 5.69 Å². The molecule has 0 unspecified atom stereocenters. The highest BCUT2D eigenvalue weighted by atomic mass is 16.3. The summed E-state index contributed by atoms with van der Waals surface area (Å²) in [5, 5.41) is 24.6. The normalized spacial score (nSPS) is 11.5. The van der Waals surface area contributed by atoms with Crippen LogP contribution in [0.3, 0.4) is 0 Å². The Hall–Kier alpha value is -2.69. The predicted octanol–water partition coefficient (Wildman–Crippen LogP) is 3.64. The Kier molecular flexibility index (Phi) is 4.45. The van der Waals surface area contributed by atoms with E-state index < -0.39 is 0 Å². The smallest absolute Gasteiger partial charge is 0.0804 e. The van der Waals surface area contributed by atoms with E-state index in [9.17, 15) is 10.2 Å². The van der Waals surface area contributed by atoms with Crippen LogP contribution in [0, 0.1) is 6.92 Å². The number of hydrogen-bond acceptors (Lipinski definition) is 4. The molecule has 4 nitrogen and oxygen atoms in total. The maximum absolute atomic E-state index is 9.42. The van der Waals surface area contributed by atoms with Crippen molar-refractivity contribution in [2.75, 3.05) is 31.2 Å². The van der Waals surface area contributed by atoms with Crippen molar-refractivity contribution in [2.24, 2.45) is 0 Å². The summed E-state index contributed by atoms with van der Waals surface area (Å²) >= 11 is 0. The molecule has 4 heteroatoms. The van der Waals surface area contributed by atoms with E-state index in [4.69, 9.17) is 4.98 Å². The van der Waals surface area contributed by atoms with Gasteiger partial charge in [-0.05, 0) is 41.3 Å². The van der Waals surface area contributed by atoms with E-state index in [-0.39, 0.29) is 13.2 Å². The van der Waals surface area contributed by atoms with Gasteiger partial charge in [-0.3, -0.25) is 4.98 Å². The van der Waals surface area contributed by atoms with E-state index in [0.717, 1.165) is 33.1 Å². The fraction of sp³-hybridized carbons (Fsp3) is 0.227. The topological polar surface area (TPSA) is 56.6 Å². The van der Waals surface area contributed by atoms with E-state index in [1.807, 2.05) is 24.0 Å². The highest BCUT2D eigenvalue weighted by Gasteiger charge is 2.13. The zero-order valence-corrected chi connectivity index (χ0v) is 14.8. The van der Waals surface area contributed by atoms with Gasteiger partial charge in [-0.25, -0.2) is 0 Å². The first kappa shape index (κ1) is 16.8. The van der Waals surface area contributed by atoms with Gasteiger partial charge in [-0.2, -0.15) is 0 Å². The number of aliphatic hydroxyl groups is 2. The second kappa shape index (κ2) is 6.90. The van der Waals surface area contributed by atoms with E-state index in [1.54, 1.807) is 0 Å². The molecule has 4 rings (SSSR count). The fourth-order valence-corrected chi connectivity index (χ4v) is 3.67. The Bertz CT molecular complexity index is 1090. The Labute approximate surface area is 152 Å². The molecule has 0 aliphatic heterocycles. The zero-order valence-electron chi connectivity index (χ0n) is 14.8. The Morgan fingerprint density at radius 2 is 1.50 bits per heavy atom. The third kappa shape index (κ3) is 2.87. The van der Waals surface area contributed by atoms with Gasteiger partial charge in [0.05, 0.1) is 18.7 Å². The molecule has 132 valence electrons. The second-order valence-electron chi connectivity index (χ2n) is 6.60. The molecule has 1 aromatic heterocycles. The molecule has 2 N–H and O–H groups in total. The van der Waals surface area contributed by atoms with Gasteiger partial charge in [0.2, 0.25) is 0 Å². The van der Waals surface area contributed by atoms with Crippen molar-refractivity contribution in [1.29, 1.82) is 0 Å². The van der Waals surface area contributed by atoms with Crippen molar-refractivity contribution in [3.63, 3.8) is 0 Å². The molecule has 0 fully saturated rings. The van der Waals surface area contributed by atoms with Crippen LogP contribution in [0.2, 0.25) is 0 Å². The minimum absolute atomic E-state index is 0.0427. The van der Waals surface area contributed by atoms with E-state index in [0.29, 0.717) is 13.1 Å². The quantitative estimate of drug-likeness (QED) is 0.428. The summed E-state index contributed by atoms with van der Waals surface area (Å²) < 4.78 is 0. The highest BCUT2D eigenvalue weighted by Crippen LogP contribution is 2.33. The minimum atomic E-state index is 0.0427. The summed E-state index contributed by atoms with van der Waals surface area (Å²) in [5.74, 6) is 0. The van der Waals surface area contributed by atoms with Crippen molar-refractivity contribution < 1.29 is 10.2 Å². The van der Waals surface area contributed by atoms with E-state index in [1.165, 1.54) is 10.8 Å². The molecule has 0 amide bonds. The second-order valence-corrected chi connectivity index (χ2v) is 6.60. The van der Waals surface area contributed by atoms with Crippen LogP contribution in [0.15, 0.2) is 54.6 Å². The van der Waals surface area contributed by atoms with E-state index in [2.05, 4.69) is 42.5 Å². The SMILES string of the molecule is Cc1cc(N(CCO)CCO)c2ccc3cc4ccccc4cc3c2n1. The summed E-state index contributed by atoms with van der Waals surface area (Å²) in [5.41, 5.74) is 2.89. The molecule has 0 aliphatic carbocycles. The van der Waals surface area contributed by atoms with Crippen LogP contribution in [0.25, 0.3) is 32.4 Å². The maximum Gasteiger partial charge on any atom is 0.0804 e. The molecule has 4 aromatic rings. The van der Waals surface area contributed by atoms with Crippen molar-refractivity contribution >= 4 is 38.1 Å². The number of anilines is 1. The lowest BCUT2D eigenvalue weighted by Gasteiger charge is -2.25. The summed E-state index contributed by atoms with van der Waals surface area (Å²) in [7, 11) is 0. The molecule has 26 heavy (non-hydrogen) atoms. The largest absolute Gasteiger partial charge is 0.395 e. The third-order valence-corrected chi connectivity index (χ3v) is 4.85. The molecule has 0 saturated carbocycles. The van der Waals surface area contributed by atoms with Crippen molar-refractivity contribution in [2.45, 2.75) is 6.92 Å². The van der Waals surface area contributed by atoms with Gasteiger partial charge < -0.3 is 15.1 Å². The molecule has 0 aliphatic rings. The molecule has 0 radical (unpaired) electrons. The first-order valence-corrected chi connectivity index (χ1v) is 8.91. The number of aryl methyl sites for hydroxylation is 1. The highest BCUT2D eigenvalue weighted by molar-refractivity contribution is 6.13. The minimum Gasteiger partial charge on any atom is -0.395 e. The first-order valence-electron chi connectivity index (χ1n) is 8.91. The summed E-state index contributed by atoms with van der Waals surface area (Å²) in [6.07, 6.45) is 0. The molecule has 0 bridgehead atoms. The van der Waals surface area contributed by atoms with Gasteiger partial charge in [0.25, 0.3) is 0 Å². The van der Waals surface area contributed by atoms with Gasteiger partial charge in [0.15, 0.2) is 0 Å². The average molecular weight is 346 g/mol. The maximum atomic E-state index is 9.42. The van der Waals surface area contributed by atoms with Gasteiger partial charge in [-0.1, -0.05) is 36.4 Å². The summed E-state index contributed by atoms with van der Waals surface area (Å²) in [4.78, 5) is 6.84. The molecular formula is C22H22N2O2. The number of nitrogens with zero attached hydrogens (tertiary/aromatic N) is 2. The van der Waals surface area contributed by atoms with Crippen LogP contribution in [-0.4, -0.2) is 41.5 Å². The molecule has 0 saturated heterocycles. The van der Waals surface area contributed by atoms with Crippen LogP contribution in [-0.2, 0) is 0 Å². The number of pyridine rings is 1. The lowest BCUT2D eigenvalue weighted by Crippen LogP contribution is -2.30. The summed E-state index contributed by atoms with van der Waals surface area (Å²) in [6.45, 7) is 3.03. The monoisotopic (exact) mass is 346 g/mol. The van der Waals surface area contributed by atoms with E-state index >= 15 is 0 Å². The predicted molar refractivity (Wildman–Crippen MR) is 108 cm³/mol. The third-order valence-electron chi connectivity index (χ3n) is 4.85. The Morgan fingerprint density at radius 3 is 2.19 bits per heavy atom. The van der Waals surface area contributed by atoms with Crippen molar-refractivity contribution in [1.82, 2.24) is 4.98 Å². The van der Waals surface area contributed by atoms with Crippen LogP contribution in [0.4, 0.5) is 5.69 Å². The van der Waals surface area contributed by atoms with Crippen molar-refractivity contribution in [3.8, 4) is 0 Å². The van der Waals surface area contributed by atoms with Gasteiger partial charge >= 0.3 is 0 Å². The fourth-order valence-electron chi connectivity index (χ4n) is 3.67. The lowest BCUT2D eigenvalue weighted by molar-refractivity contribution is 0.281. The average Bonchev–Trinajstić information content (AvgIpc) is 2.65. The molecular weight excluding hydrogens is 324 g/mol.